The van der Waals surface area contributed by atoms with Gasteiger partial charge in [0, 0.05) is 22.6 Å². The summed E-state index contributed by atoms with van der Waals surface area (Å²) in [5.41, 5.74) is -2.14. The van der Waals surface area contributed by atoms with Crippen LogP contribution < -0.4 is 10.6 Å². The number of alkyl halides is 6. The molecule has 0 radical (unpaired) electrons. The topological polar surface area (TPSA) is 41.1 Å². The molecule has 0 saturated heterocycles. The molecule has 2 N–H and O–H groups in total. The highest BCUT2D eigenvalue weighted by molar-refractivity contribution is 6.04. The van der Waals surface area contributed by atoms with Gasteiger partial charge in [0.15, 0.2) is 0 Å². The molecule has 0 aliphatic carbocycles. The van der Waals surface area contributed by atoms with Crippen LogP contribution in [0.4, 0.5) is 43.4 Å². The number of carbonyl (C=O) groups is 1. The molecular formula is C21H14F6N2O. The standard InChI is InChI=1S/C21H14F6N2O/c22-20(23,24)14-10-13(11-15(12-14)21(25,26)27)19(30)29-18-8-6-17(7-9-18)28-16-4-2-1-3-5-16/h1-12,28H,(H,29,30). The summed E-state index contributed by atoms with van der Waals surface area (Å²) in [6, 6.07) is 16.1. The van der Waals surface area contributed by atoms with Crippen LogP contribution in [0.1, 0.15) is 21.5 Å². The third-order valence-electron chi connectivity index (χ3n) is 4.06. The second-order valence-corrected chi connectivity index (χ2v) is 6.32. The molecule has 0 aliphatic heterocycles. The summed E-state index contributed by atoms with van der Waals surface area (Å²) in [6.45, 7) is 0. The van der Waals surface area contributed by atoms with Gasteiger partial charge in [0.05, 0.1) is 11.1 Å². The number of anilines is 3. The van der Waals surface area contributed by atoms with Crippen LogP contribution in [0.3, 0.4) is 0 Å². The van der Waals surface area contributed by atoms with Gasteiger partial charge in [-0.25, -0.2) is 0 Å². The summed E-state index contributed by atoms with van der Waals surface area (Å²) in [5.74, 6) is -1.09. The Hall–Kier alpha value is -3.49. The molecule has 3 rings (SSSR count). The molecule has 3 aromatic rings. The summed E-state index contributed by atoms with van der Waals surface area (Å²) in [7, 11) is 0. The van der Waals surface area contributed by atoms with Crippen LogP contribution in [-0.2, 0) is 12.4 Å². The number of benzene rings is 3. The molecule has 0 atom stereocenters. The van der Waals surface area contributed by atoms with Gasteiger partial charge in [-0.1, -0.05) is 18.2 Å². The molecule has 0 fully saturated rings. The smallest absolute Gasteiger partial charge is 0.356 e. The molecule has 0 heterocycles. The quantitative estimate of drug-likeness (QED) is 0.457. The molecule has 3 aromatic carbocycles. The van der Waals surface area contributed by atoms with Gasteiger partial charge < -0.3 is 10.6 Å². The van der Waals surface area contributed by atoms with Crippen LogP contribution in [0.2, 0.25) is 0 Å². The first kappa shape index (κ1) is 21.2. The number of nitrogens with one attached hydrogen (secondary N) is 2. The summed E-state index contributed by atoms with van der Waals surface area (Å²) in [4.78, 5) is 12.3. The van der Waals surface area contributed by atoms with Gasteiger partial charge >= 0.3 is 12.4 Å². The van der Waals surface area contributed by atoms with Gasteiger partial charge in [-0.05, 0) is 54.6 Å². The highest BCUT2D eigenvalue weighted by Gasteiger charge is 2.37. The molecule has 0 bridgehead atoms. The van der Waals surface area contributed by atoms with Crippen LogP contribution in [0.5, 0.6) is 0 Å². The van der Waals surface area contributed by atoms with Crippen molar-refractivity contribution in [3.05, 3.63) is 89.5 Å². The number of hydrogen-bond acceptors (Lipinski definition) is 2. The molecule has 0 unspecified atom stereocenters. The van der Waals surface area contributed by atoms with Crippen molar-refractivity contribution < 1.29 is 31.1 Å². The van der Waals surface area contributed by atoms with Crippen LogP contribution in [0, 0.1) is 0 Å². The SMILES string of the molecule is O=C(Nc1ccc(Nc2ccccc2)cc1)c1cc(C(F)(F)F)cc(C(F)(F)F)c1. The first-order chi connectivity index (χ1) is 14.0. The highest BCUT2D eigenvalue weighted by Crippen LogP contribution is 2.36. The zero-order valence-electron chi connectivity index (χ0n) is 15.1. The van der Waals surface area contributed by atoms with E-state index in [1.165, 1.54) is 12.1 Å². The van der Waals surface area contributed by atoms with Crippen LogP contribution >= 0.6 is 0 Å². The molecule has 9 heteroatoms. The number of rotatable bonds is 4. The van der Waals surface area contributed by atoms with Gasteiger partial charge in [-0.2, -0.15) is 26.3 Å². The van der Waals surface area contributed by atoms with Gasteiger partial charge in [0.1, 0.15) is 0 Å². The molecule has 0 aliphatic rings. The summed E-state index contributed by atoms with van der Waals surface area (Å²) < 4.78 is 77.7. The Kier molecular flexibility index (Phi) is 5.73. The number of halogens is 6. The number of amides is 1. The second kappa shape index (κ2) is 8.10. The second-order valence-electron chi connectivity index (χ2n) is 6.32. The fraction of sp³-hybridized carbons (Fsp3) is 0.0952. The third kappa shape index (κ3) is 5.31. The lowest BCUT2D eigenvalue weighted by Gasteiger charge is -2.14. The van der Waals surface area contributed by atoms with Gasteiger partial charge in [0.2, 0.25) is 0 Å². The van der Waals surface area contributed by atoms with E-state index in [2.05, 4.69) is 10.6 Å². The fourth-order valence-corrected chi connectivity index (χ4v) is 2.61. The van der Waals surface area contributed by atoms with E-state index in [9.17, 15) is 31.1 Å². The Labute approximate surface area is 167 Å². The van der Waals surface area contributed by atoms with Crippen molar-refractivity contribution in [2.24, 2.45) is 0 Å². The van der Waals surface area contributed by atoms with E-state index in [0.717, 1.165) is 5.69 Å². The average molecular weight is 424 g/mol. The Morgan fingerprint density at radius 2 is 1.10 bits per heavy atom. The predicted octanol–water partition coefficient (Wildman–Crippen LogP) is 6.72. The molecule has 0 saturated carbocycles. The zero-order chi connectivity index (χ0) is 21.9. The van der Waals surface area contributed by atoms with Crippen LogP contribution in [0.25, 0.3) is 0 Å². The zero-order valence-corrected chi connectivity index (χ0v) is 15.1. The van der Waals surface area contributed by atoms with Gasteiger partial charge in [0.25, 0.3) is 5.91 Å². The normalized spacial score (nSPS) is 11.8. The average Bonchev–Trinajstić information content (AvgIpc) is 2.68. The molecular weight excluding hydrogens is 410 g/mol. The van der Waals surface area contributed by atoms with Crippen molar-refractivity contribution in [1.29, 1.82) is 0 Å². The van der Waals surface area contributed by atoms with Crippen molar-refractivity contribution in [2.45, 2.75) is 12.4 Å². The monoisotopic (exact) mass is 424 g/mol. The van der Waals surface area contributed by atoms with Gasteiger partial charge in [-0.3, -0.25) is 4.79 Å². The lowest BCUT2D eigenvalue weighted by Crippen LogP contribution is -2.17. The first-order valence-electron chi connectivity index (χ1n) is 8.55. The van der Waals surface area contributed by atoms with Crippen molar-refractivity contribution in [3.63, 3.8) is 0 Å². The number of para-hydroxylation sites is 1. The van der Waals surface area contributed by atoms with Crippen molar-refractivity contribution in [2.75, 3.05) is 10.6 Å². The lowest BCUT2D eigenvalue weighted by atomic mass is 10.0. The molecule has 156 valence electrons. The predicted molar refractivity (Wildman–Crippen MR) is 101 cm³/mol. The van der Waals surface area contributed by atoms with E-state index >= 15 is 0 Å². The van der Waals surface area contributed by atoms with E-state index in [4.69, 9.17) is 0 Å². The van der Waals surface area contributed by atoms with Crippen LogP contribution in [-0.4, -0.2) is 5.91 Å². The summed E-state index contributed by atoms with van der Waals surface area (Å²) in [5, 5.41) is 5.41. The number of hydrogen-bond donors (Lipinski definition) is 2. The largest absolute Gasteiger partial charge is 0.416 e. The van der Waals surface area contributed by atoms with Crippen molar-refractivity contribution >= 4 is 23.0 Å². The lowest BCUT2D eigenvalue weighted by molar-refractivity contribution is -0.143. The van der Waals surface area contributed by atoms with Crippen molar-refractivity contribution in [1.82, 2.24) is 0 Å². The molecule has 0 spiro atoms. The molecule has 1 amide bonds. The Bertz CT molecular complexity index is 996. The summed E-state index contributed by atoms with van der Waals surface area (Å²) >= 11 is 0. The molecule has 3 nitrogen and oxygen atoms in total. The summed E-state index contributed by atoms with van der Waals surface area (Å²) in [6.07, 6.45) is -10.1. The molecule has 30 heavy (non-hydrogen) atoms. The van der Waals surface area contributed by atoms with E-state index in [1.54, 1.807) is 12.1 Å². The minimum absolute atomic E-state index is 0.0270. The Morgan fingerprint density at radius 1 is 0.633 bits per heavy atom. The maximum atomic E-state index is 12.9. The highest BCUT2D eigenvalue weighted by atomic mass is 19.4. The van der Waals surface area contributed by atoms with E-state index in [1.807, 2.05) is 30.3 Å². The van der Waals surface area contributed by atoms with E-state index in [0.29, 0.717) is 17.8 Å². The minimum atomic E-state index is -5.03. The van der Waals surface area contributed by atoms with E-state index < -0.39 is 35.0 Å². The maximum Gasteiger partial charge on any atom is 0.416 e. The fourth-order valence-electron chi connectivity index (χ4n) is 2.61. The van der Waals surface area contributed by atoms with Crippen molar-refractivity contribution in [3.8, 4) is 0 Å². The Morgan fingerprint density at radius 3 is 1.60 bits per heavy atom. The van der Waals surface area contributed by atoms with Gasteiger partial charge in [-0.15, -0.1) is 0 Å². The van der Waals surface area contributed by atoms with E-state index in [-0.39, 0.29) is 11.8 Å². The Balaban J connectivity index is 1.80. The third-order valence-corrected chi connectivity index (χ3v) is 4.06. The first-order valence-corrected chi connectivity index (χ1v) is 8.55. The molecule has 0 aromatic heterocycles. The number of carbonyl (C=O) groups excluding carboxylic acids is 1. The maximum absolute atomic E-state index is 12.9. The van der Waals surface area contributed by atoms with Crippen LogP contribution in [0.15, 0.2) is 72.8 Å². The minimum Gasteiger partial charge on any atom is -0.356 e.